The summed E-state index contributed by atoms with van der Waals surface area (Å²) < 4.78 is 1.85. The molecule has 0 spiro atoms. The van der Waals surface area contributed by atoms with E-state index < -0.39 is 0 Å². The van der Waals surface area contributed by atoms with Gasteiger partial charge in [0.15, 0.2) is 5.13 Å². The Kier molecular flexibility index (Phi) is 4.02. The van der Waals surface area contributed by atoms with Gasteiger partial charge >= 0.3 is 6.03 Å². The molecule has 0 aromatic carbocycles. The maximum atomic E-state index is 11.4. The highest BCUT2D eigenvalue weighted by atomic mass is 32.1. The van der Waals surface area contributed by atoms with Crippen molar-refractivity contribution in [2.45, 2.75) is 13.0 Å². The van der Waals surface area contributed by atoms with Gasteiger partial charge < -0.3 is 10.2 Å². The summed E-state index contributed by atoms with van der Waals surface area (Å²) in [7, 11) is 1.58. The van der Waals surface area contributed by atoms with E-state index in [4.69, 9.17) is 0 Å². The van der Waals surface area contributed by atoms with Gasteiger partial charge in [0.25, 0.3) is 0 Å². The first-order chi connectivity index (χ1) is 12.2. The van der Waals surface area contributed by atoms with E-state index in [0.717, 1.165) is 35.2 Å². The van der Waals surface area contributed by atoms with Crippen molar-refractivity contribution in [3.63, 3.8) is 0 Å². The molecule has 128 valence electrons. The van der Waals surface area contributed by atoms with Crippen molar-refractivity contribution in [2.24, 2.45) is 0 Å². The fourth-order valence-corrected chi connectivity index (χ4v) is 3.67. The smallest absolute Gasteiger partial charge is 0.320 e. The minimum absolute atomic E-state index is 0.260. The summed E-state index contributed by atoms with van der Waals surface area (Å²) in [6, 6.07) is 1.68. The van der Waals surface area contributed by atoms with Gasteiger partial charge in [-0.1, -0.05) is 11.3 Å². The molecule has 0 bridgehead atoms. The van der Waals surface area contributed by atoms with Gasteiger partial charge in [-0.25, -0.2) is 24.7 Å². The summed E-state index contributed by atoms with van der Waals surface area (Å²) in [6.07, 6.45) is 7.64. The second-order valence-electron chi connectivity index (χ2n) is 5.47. The number of rotatable bonds is 3. The van der Waals surface area contributed by atoms with Crippen molar-refractivity contribution in [3.05, 3.63) is 41.7 Å². The maximum Gasteiger partial charge on any atom is 0.320 e. The topological polar surface area (TPSA) is 101 Å². The van der Waals surface area contributed by atoms with E-state index in [2.05, 4.69) is 35.5 Å². The molecule has 0 unspecified atom stereocenters. The number of imidazole rings is 1. The highest BCUT2D eigenvalue weighted by Crippen LogP contribution is 2.30. The molecular formula is C15H16N8OS. The minimum Gasteiger partial charge on any atom is -0.351 e. The average molecular weight is 356 g/mol. The Hall–Kier alpha value is -3.01. The molecule has 0 aliphatic carbocycles. The predicted octanol–water partition coefficient (Wildman–Crippen LogP) is 1.43. The Bertz CT molecular complexity index is 891. The number of thiazole rings is 1. The molecule has 2 N–H and O–H groups in total. The second-order valence-corrected chi connectivity index (χ2v) is 6.55. The molecule has 4 rings (SSSR count). The Morgan fingerprint density at radius 1 is 1.32 bits per heavy atom. The van der Waals surface area contributed by atoms with E-state index in [9.17, 15) is 4.79 Å². The molecular weight excluding hydrogens is 340 g/mol. The van der Waals surface area contributed by atoms with Crippen LogP contribution in [0.2, 0.25) is 0 Å². The number of nitrogens with zero attached hydrogens (tertiary/aromatic N) is 6. The summed E-state index contributed by atoms with van der Waals surface area (Å²) in [5, 5.41) is 5.88. The van der Waals surface area contributed by atoms with Gasteiger partial charge in [-0.3, -0.25) is 9.88 Å². The lowest BCUT2D eigenvalue weighted by Gasteiger charge is -2.27. The summed E-state index contributed by atoms with van der Waals surface area (Å²) in [4.78, 5) is 32.0. The Balaban J connectivity index is 1.54. The van der Waals surface area contributed by atoms with E-state index in [1.54, 1.807) is 25.9 Å². The van der Waals surface area contributed by atoms with Crippen molar-refractivity contribution in [1.29, 1.82) is 0 Å². The standard InChI is InChI=1S/C15H16N8OS/c1-16-14(24)21-15-20-10-2-4-22(7-11(10)25-15)12-6-13(19-8-18-12)23-5-3-17-9-23/h3,5-6,8-9H,2,4,7H2,1H3,(H2,16,20,21,24). The summed E-state index contributed by atoms with van der Waals surface area (Å²) >= 11 is 1.50. The fourth-order valence-electron chi connectivity index (χ4n) is 2.65. The molecule has 0 fully saturated rings. The van der Waals surface area contributed by atoms with Gasteiger partial charge in [0.1, 0.15) is 24.3 Å². The van der Waals surface area contributed by atoms with Gasteiger partial charge in [-0.2, -0.15) is 0 Å². The Labute approximate surface area is 147 Å². The first-order valence-corrected chi connectivity index (χ1v) is 8.57. The molecule has 2 amide bonds. The van der Waals surface area contributed by atoms with Crippen LogP contribution in [0.15, 0.2) is 31.1 Å². The average Bonchev–Trinajstić information content (AvgIpc) is 3.30. The lowest BCUT2D eigenvalue weighted by Crippen LogP contribution is -2.30. The van der Waals surface area contributed by atoms with Gasteiger partial charge in [-0.15, -0.1) is 0 Å². The lowest BCUT2D eigenvalue weighted by atomic mass is 10.2. The van der Waals surface area contributed by atoms with E-state index in [0.29, 0.717) is 11.7 Å². The van der Waals surface area contributed by atoms with Crippen molar-refractivity contribution < 1.29 is 4.79 Å². The number of carbonyl (C=O) groups excluding carboxylic acids is 1. The highest BCUT2D eigenvalue weighted by Gasteiger charge is 2.22. The van der Waals surface area contributed by atoms with E-state index in [1.165, 1.54) is 11.3 Å². The van der Waals surface area contributed by atoms with Crippen LogP contribution < -0.4 is 15.5 Å². The van der Waals surface area contributed by atoms with Crippen LogP contribution in [0.3, 0.4) is 0 Å². The third-order valence-corrected chi connectivity index (χ3v) is 4.91. The third-order valence-electron chi connectivity index (χ3n) is 3.91. The van der Waals surface area contributed by atoms with Gasteiger partial charge in [0.2, 0.25) is 0 Å². The number of fused-ring (bicyclic) bond motifs is 1. The van der Waals surface area contributed by atoms with Crippen LogP contribution in [0.5, 0.6) is 0 Å². The van der Waals surface area contributed by atoms with Crippen LogP contribution >= 0.6 is 11.3 Å². The van der Waals surface area contributed by atoms with Crippen LogP contribution in [0.4, 0.5) is 15.7 Å². The molecule has 25 heavy (non-hydrogen) atoms. The van der Waals surface area contributed by atoms with Crippen molar-refractivity contribution in [2.75, 3.05) is 23.8 Å². The number of aromatic nitrogens is 5. The zero-order chi connectivity index (χ0) is 17.2. The highest BCUT2D eigenvalue weighted by molar-refractivity contribution is 7.15. The van der Waals surface area contributed by atoms with Crippen LogP contribution in [-0.4, -0.2) is 44.1 Å². The van der Waals surface area contributed by atoms with Crippen molar-refractivity contribution >= 4 is 28.3 Å². The number of urea groups is 1. The number of amides is 2. The molecule has 9 nitrogen and oxygen atoms in total. The molecule has 0 radical (unpaired) electrons. The molecule has 4 heterocycles. The zero-order valence-corrected chi connectivity index (χ0v) is 14.3. The van der Waals surface area contributed by atoms with E-state index in [-0.39, 0.29) is 6.03 Å². The normalized spacial score (nSPS) is 13.4. The van der Waals surface area contributed by atoms with Crippen LogP contribution in [0.1, 0.15) is 10.6 Å². The monoisotopic (exact) mass is 356 g/mol. The molecule has 0 saturated carbocycles. The zero-order valence-electron chi connectivity index (χ0n) is 13.5. The Morgan fingerprint density at radius 3 is 3.00 bits per heavy atom. The molecule has 0 saturated heterocycles. The number of anilines is 2. The predicted molar refractivity (Wildman–Crippen MR) is 94.1 cm³/mol. The van der Waals surface area contributed by atoms with Gasteiger partial charge in [0, 0.05) is 43.4 Å². The number of hydrogen-bond donors (Lipinski definition) is 2. The maximum absolute atomic E-state index is 11.4. The van der Waals surface area contributed by atoms with Gasteiger partial charge in [0.05, 0.1) is 12.2 Å². The first kappa shape index (κ1) is 15.5. The van der Waals surface area contributed by atoms with Crippen molar-refractivity contribution in [3.8, 4) is 5.82 Å². The largest absolute Gasteiger partial charge is 0.351 e. The minimum atomic E-state index is -0.260. The molecule has 1 aliphatic rings. The molecule has 10 heteroatoms. The SMILES string of the molecule is CNC(=O)Nc1nc2c(s1)CN(c1cc(-n3ccnc3)ncn1)CC2. The van der Waals surface area contributed by atoms with E-state index in [1.807, 2.05) is 16.8 Å². The van der Waals surface area contributed by atoms with Crippen molar-refractivity contribution in [1.82, 2.24) is 29.8 Å². The quantitative estimate of drug-likeness (QED) is 0.736. The van der Waals surface area contributed by atoms with Crippen LogP contribution in [-0.2, 0) is 13.0 Å². The van der Waals surface area contributed by atoms with Gasteiger partial charge in [-0.05, 0) is 0 Å². The molecule has 1 aliphatic heterocycles. The number of nitrogens with one attached hydrogen (secondary N) is 2. The Morgan fingerprint density at radius 2 is 2.20 bits per heavy atom. The number of carbonyl (C=O) groups is 1. The molecule has 0 atom stereocenters. The molecule has 3 aromatic rings. The summed E-state index contributed by atoms with van der Waals surface area (Å²) in [5.74, 6) is 1.64. The second kappa shape index (κ2) is 6.48. The summed E-state index contributed by atoms with van der Waals surface area (Å²) in [5.41, 5.74) is 1.04. The first-order valence-electron chi connectivity index (χ1n) is 7.75. The van der Waals surface area contributed by atoms with E-state index >= 15 is 0 Å². The third kappa shape index (κ3) is 3.15. The fraction of sp³-hybridized carbons (Fsp3) is 0.267. The van der Waals surface area contributed by atoms with Crippen LogP contribution in [0.25, 0.3) is 5.82 Å². The molecule has 3 aromatic heterocycles. The van der Waals surface area contributed by atoms with Crippen LogP contribution in [0, 0.1) is 0 Å². The lowest BCUT2D eigenvalue weighted by molar-refractivity contribution is 0.254. The summed E-state index contributed by atoms with van der Waals surface area (Å²) in [6.45, 7) is 1.53. The number of hydrogen-bond acceptors (Lipinski definition) is 7.